The zero-order valence-corrected chi connectivity index (χ0v) is 11.6. The first-order valence-electron chi connectivity index (χ1n) is 7.00. The minimum atomic E-state index is -0.676. The van der Waals surface area contributed by atoms with Crippen molar-refractivity contribution in [2.24, 2.45) is 10.8 Å². The van der Waals surface area contributed by atoms with E-state index in [0.29, 0.717) is 6.61 Å². The molecule has 0 unspecified atom stereocenters. The SMILES string of the molecule is C[C@]1([C@]2(C)C=C[C@](C)(O)CC2)CC[C@@H](O)[C@@]12CO2. The van der Waals surface area contributed by atoms with Crippen LogP contribution >= 0.6 is 0 Å². The third kappa shape index (κ3) is 1.41. The third-order valence-electron chi connectivity index (χ3n) is 6.07. The molecule has 18 heavy (non-hydrogen) atoms. The summed E-state index contributed by atoms with van der Waals surface area (Å²) in [5.41, 5.74) is -1.02. The molecule has 0 radical (unpaired) electrons. The predicted molar refractivity (Wildman–Crippen MR) is 69.1 cm³/mol. The molecule has 0 aromatic heterocycles. The fourth-order valence-corrected chi connectivity index (χ4v) is 4.10. The molecule has 3 heteroatoms. The molecule has 1 spiro atoms. The number of allylic oxidation sites excluding steroid dienone is 1. The molecular formula is C15H24O3. The molecule has 0 aromatic carbocycles. The number of epoxide rings is 1. The Morgan fingerprint density at radius 1 is 1.11 bits per heavy atom. The molecule has 1 saturated carbocycles. The number of hydrogen-bond donors (Lipinski definition) is 2. The summed E-state index contributed by atoms with van der Waals surface area (Å²) in [5, 5.41) is 20.3. The largest absolute Gasteiger partial charge is 0.390 e. The molecule has 3 rings (SSSR count). The van der Waals surface area contributed by atoms with Gasteiger partial charge in [0.15, 0.2) is 0 Å². The van der Waals surface area contributed by atoms with E-state index in [0.717, 1.165) is 25.7 Å². The van der Waals surface area contributed by atoms with Gasteiger partial charge in [0.1, 0.15) is 5.60 Å². The Morgan fingerprint density at radius 2 is 1.78 bits per heavy atom. The van der Waals surface area contributed by atoms with Crippen LogP contribution in [-0.2, 0) is 4.74 Å². The second-order valence-corrected chi connectivity index (χ2v) is 7.17. The number of aliphatic hydroxyl groups is 2. The molecule has 0 aromatic rings. The van der Waals surface area contributed by atoms with Crippen LogP contribution in [-0.4, -0.2) is 34.1 Å². The van der Waals surface area contributed by atoms with Crippen LogP contribution in [0.5, 0.6) is 0 Å². The van der Waals surface area contributed by atoms with Crippen molar-refractivity contribution < 1.29 is 14.9 Å². The van der Waals surface area contributed by atoms with Crippen molar-refractivity contribution in [2.75, 3.05) is 6.61 Å². The van der Waals surface area contributed by atoms with Gasteiger partial charge in [-0.3, -0.25) is 0 Å². The van der Waals surface area contributed by atoms with Gasteiger partial charge in [-0.2, -0.15) is 0 Å². The summed E-state index contributed by atoms with van der Waals surface area (Å²) >= 11 is 0. The highest BCUT2D eigenvalue weighted by Crippen LogP contribution is 2.66. The second kappa shape index (κ2) is 3.38. The smallest absolute Gasteiger partial charge is 0.123 e. The first-order valence-corrected chi connectivity index (χ1v) is 7.00. The van der Waals surface area contributed by atoms with Crippen molar-refractivity contribution in [3.63, 3.8) is 0 Å². The molecule has 1 heterocycles. The Balaban J connectivity index is 1.96. The van der Waals surface area contributed by atoms with Gasteiger partial charge in [0.05, 0.1) is 18.3 Å². The highest BCUT2D eigenvalue weighted by Gasteiger charge is 2.71. The summed E-state index contributed by atoms with van der Waals surface area (Å²) in [6, 6.07) is 0. The van der Waals surface area contributed by atoms with E-state index in [1.807, 2.05) is 13.0 Å². The Labute approximate surface area is 109 Å². The number of aliphatic hydroxyl groups excluding tert-OH is 1. The maximum Gasteiger partial charge on any atom is 0.123 e. The van der Waals surface area contributed by atoms with Gasteiger partial charge >= 0.3 is 0 Å². The van der Waals surface area contributed by atoms with E-state index in [4.69, 9.17) is 4.74 Å². The maximum absolute atomic E-state index is 10.2. The molecule has 3 nitrogen and oxygen atoms in total. The lowest BCUT2D eigenvalue weighted by molar-refractivity contribution is -0.0299. The summed E-state index contributed by atoms with van der Waals surface area (Å²) in [6.45, 7) is 7.05. The summed E-state index contributed by atoms with van der Waals surface area (Å²) in [7, 11) is 0. The van der Waals surface area contributed by atoms with Crippen LogP contribution in [0.2, 0.25) is 0 Å². The van der Waals surface area contributed by atoms with Gasteiger partial charge in [0.25, 0.3) is 0 Å². The number of ether oxygens (including phenoxy) is 1. The van der Waals surface area contributed by atoms with Gasteiger partial charge in [-0.1, -0.05) is 26.0 Å². The van der Waals surface area contributed by atoms with Crippen LogP contribution in [0.1, 0.15) is 46.5 Å². The van der Waals surface area contributed by atoms with E-state index in [9.17, 15) is 10.2 Å². The van der Waals surface area contributed by atoms with Crippen molar-refractivity contribution >= 4 is 0 Å². The standard InChI is InChI=1S/C15H24O3/c1-12(6-8-13(2,17)9-7-12)14(3)5-4-11(16)15(14)10-18-15/h6,8,11,16-17H,4-5,7,9-10H2,1-3H3/t11-,12-,13+,14-,15+/m1/s1. The average Bonchev–Trinajstić information content (AvgIpc) is 3.07. The molecule has 0 bridgehead atoms. The van der Waals surface area contributed by atoms with Crippen molar-refractivity contribution in [3.8, 4) is 0 Å². The van der Waals surface area contributed by atoms with Gasteiger partial charge in [-0.25, -0.2) is 0 Å². The van der Waals surface area contributed by atoms with Crippen molar-refractivity contribution in [3.05, 3.63) is 12.2 Å². The van der Waals surface area contributed by atoms with Crippen LogP contribution in [0.4, 0.5) is 0 Å². The fourth-order valence-electron chi connectivity index (χ4n) is 4.10. The highest BCUT2D eigenvalue weighted by molar-refractivity contribution is 5.26. The highest BCUT2D eigenvalue weighted by atomic mass is 16.6. The molecule has 1 aliphatic heterocycles. The molecule has 5 atom stereocenters. The van der Waals surface area contributed by atoms with E-state index in [1.54, 1.807) is 0 Å². The third-order valence-corrected chi connectivity index (χ3v) is 6.07. The normalized spacial score (nSPS) is 59.3. The Hall–Kier alpha value is -0.380. The topological polar surface area (TPSA) is 53.0 Å². The summed E-state index contributed by atoms with van der Waals surface area (Å²) < 4.78 is 5.71. The summed E-state index contributed by atoms with van der Waals surface area (Å²) in [6.07, 6.45) is 7.33. The van der Waals surface area contributed by atoms with Gasteiger partial charge in [-0.15, -0.1) is 0 Å². The molecule has 2 aliphatic carbocycles. The Kier molecular flexibility index (Phi) is 2.38. The van der Waals surface area contributed by atoms with Crippen molar-refractivity contribution in [1.29, 1.82) is 0 Å². The molecule has 1 saturated heterocycles. The molecule has 2 N–H and O–H groups in total. The van der Waals surface area contributed by atoms with Crippen LogP contribution in [0.25, 0.3) is 0 Å². The van der Waals surface area contributed by atoms with Gasteiger partial charge < -0.3 is 14.9 Å². The monoisotopic (exact) mass is 252 g/mol. The molecule has 3 aliphatic rings. The van der Waals surface area contributed by atoms with Crippen LogP contribution in [0.3, 0.4) is 0 Å². The number of rotatable bonds is 1. The lowest BCUT2D eigenvalue weighted by atomic mass is 9.55. The van der Waals surface area contributed by atoms with E-state index in [2.05, 4.69) is 19.9 Å². The predicted octanol–water partition coefficient (Wildman–Crippen LogP) is 2.02. The zero-order valence-electron chi connectivity index (χ0n) is 11.6. The van der Waals surface area contributed by atoms with Gasteiger partial charge in [-0.05, 0) is 38.0 Å². The lowest BCUT2D eigenvalue weighted by Crippen LogP contribution is -2.50. The molecule has 0 amide bonds. The van der Waals surface area contributed by atoms with E-state index in [1.165, 1.54) is 0 Å². The van der Waals surface area contributed by atoms with Crippen molar-refractivity contribution in [2.45, 2.75) is 63.8 Å². The van der Waals surface area contributed by atoms with Gasteiger partial charge in [0.2, 0.25) is 0 Å². The first-order chi connectivity index (χ1) is 8.25. The van der Waals surface area contributed by atoms with Crippen LogP contribution in [0.15, 0.2) is 12.2 Å². The summed E-state index contributed by atoms with van der Waals surface area (Å²) in [4.78, 5) is 0. The zero-order chi connectivity index (χ0) is 13.2. The lowest BCUT2D eigenvalue weighted by Gasteiger charge is -2.49. The van der Waals surface area contributed by atoms with E-state index < -0.39 is 5.60 Å². The van der Waals surface area contributed by atoms with Crippen LogP contribution in [0, 0.1) is 10.8 Å². The fraction of sp³-hybridized carbons (Fsp3) is 0.867. The van der Waals surface area contributed by atoms with Gasteiger partial charge in [0, 0.05) is 5.41 Å². The number of hydrogen-bond acceptors (Lipinski definition) is 3. The molecule has 2 fully saturated rings. The van der Waals surface area contributed by atoms with Crippen molar-refractivity contribution in [1.82, 2.24) is 0 Å². The Bertz CT molecular complexity index is 397. The second-order valence-electron chi connectivity index (χ2n) is 7.17. The quantitative estimate of drug-likeness (QED) is 0.554. The van der Waals surface area contributed by atoms with E-state index >= 15 is 0 Å². The Morgan fingerprint density at radius 3 is 2.28 bits per heavy atom. The molecule has 102 valence electrons. The van der Waals surface area contributed by atoms with Crippen LogP contribution < -0.4 is 0 Å². The minimum Gasteiger partial charge on any atom is -0.390 e. The maximum atomic E-state index is 10.2. The van der Waals surface area contributed by atoms with E-state index in [-0.39, 0.29) is 22.5 Å². The minimum absolute atomic E-state index is 0.00319. The first kappa shape index (κ1) is 12.6. The summed E-state index contributed by atoms with van der Waals surface area (Å²) in [5.74, 6) is 0. The molecular weight excluding hydrogens is 228 g/mol. The average molecular weight is 252 g/mol.